The van der Waals surface area contributed by atoms with Crippen LogP contribution < -0.4 is 10.5 Å². The Morgan fingerprint density at radius 3 is 2.30 bits per heavy atom. The number of nitrogen functional groups attached to an aromatic ring is 1. The number of hydrogen-bond acceptors (Lipinski definition) is 5. The predicted octanol–water partition coefficient (Wildman–Crippen LogP) is 2.82. The fraction of sp³-hybridized carbons (Fsp3) is 0. The number of benzene rings is 1. The van der Waals surface area contributed by atoms with Gasteiger partial charge in [-0.1, -0.05) is 34.8 Å². The molecule has 0 fully saturated rings. The quantitative estimate of drug-likeness (QED) is 0.653. The van der Waals surface area contributed by atoms with E-state index in [-0.39, 0.29) is 31.6 Å². The Balaban J connectivity index is 2.49. The lowest BCUT2D eigenvalue weighted by atomic mass is 10.3. The molecule has 2 aromatic rings. The predicted molar refractivity (Wildman–Crippen MR) is 78.7 cm³/mol. The first-order valence-corrected chi connectivity index (χ1v) is 7.67. The minimum atomic E-state index is -4.02. The lowest BCUT2D eigenvalue weighted by Crippen LogP contribution is -2.15. The molecule has 0 amide bonds. The number of hydrogen-bond donors (Lipinski definition) is 2. The molecule has 0 unspecified atom stereocenters. The van der Waals surface area contributed by atoms with E-state index < -0.39 is 10.0 Å². The molecule has 10 heteroatoms. The van der Waals surface area contributed by atoms with Crippen LogP contribution in [0.4, 0.5) is 11.4 Å². The van der Waals surface area contributed by atoms with Crippen LogP contribution in [0.15, 0.2) is 29.4 Å². The number of halogens is 3. The fourth-order valence-electron chi connectivity index (χ4n) is 1.34. The Labute approximate surface area is 129 Å². The Kier molecular flexibility index (Phi) is 4.24. The summed E-state index contributed by atoms with van der Waals surface area (Å²) >= 11 is 17.4. The Hall–Kier alpha value is -1.28. The first-order chi connectivity index (χ1) is 9.31. The van der Waals surface area contributed by atoms with Gasteiger partial charge in [0.2, 0.25) is 0 Å². The zero-order valence-electron chi connectivity index (χ0n) is 9.64. The van der Waals surface area contributed by atoms with Crippen molar-refractivity contribution in [3.8, 4) is 0 Å². The van der Waals surface area contributed by atoms with Crippen LogP contribution >= 0.6 is 34.8 Å². The highest BCUT2D eigenvalue weighted by Gasteiger charge is 2.21. The SMILES string of the molecule is Nc1ccc(Cl)c(S(=O)(=O)Nc2c(Cl)ncnc2Cl)c1. The normalized spacial score (nSPS) is 11.3. The second-order valence-corrected chi connectivity index (χ2v) is 6.40. The van der Waals surface area contributed by atoms with Gasteiger partial charge in [0.15, 0.2) is 10.3 Å². The van der Waals surface area contributed by atoms with E-state index in [0.717, 1.165) is 6.33 Å². The van der Waals surface area contributed by atoms with Crippen LogP contribution in [-0.2, 0) is 10.0 Å². The van der Waals surface area contributed by atoms with Gasteiger partial charge in [0.05, 0.1) is 5.02 Å². The molecule has 2 rings (SSSR count). The summed E-state index contributed by atoms with van der Waals surface area (Å²) in [6.45, 7) is 0. The second kappa shape index (κ2) is 5.61. The maximum Gasteiger partial charge on any atom is 0.263 e. The Morgan fingerprint density at radius 1 is 1.10 bits per heavy atom. The second-order valence-electron chi connectivity index (χ2n) is 3.63. The lowest BCUT2D eigenvalue weighted by Gasteiger charge is -2.11. The number of anilines is 2. The highest BCUT2D eigenvalue weighted by molar-refractivity contribution is 7.92. The molecule has 3 N–H and O–H groups in total. The number of sulfonamides is 1. The largest absolute Gasteiger partial charge is 0.399 e. The zero-order valence-corrected chi connectivity index (χ0v) is 12.7. The molecule has 1 aromatic carbocycles. The van der Waals surface area contributed by atoms with E-state index in [4.69, 9.17) is 40.5 Å². The van der Waals surface area contributed by atoms with E-state index in [1.165, 1.54) is 18.2 Å². The van der Waals surface area contributed by atoms with E-state index in [2.05, 4.69) is 14.7 Å². The van der Waals surface area contributed by atoms with Crippen LogP contribution in [0.1, 0.15) is 0 Å². The minimum Gasteiger partial charge on any atom is -0.399 e. The van der Waals surface area contributed by atoms with Gasteiger partial charge in [-0.25, -0.2) is 18.4 Å². The number of aromatic nitrogens is 2. The van der Waals surface area contributed by atoms with Gasteiger partial charge in [0.1, 0.15) is 16.9 Å². The Morgan fingerprint density at radius 2 is 1.70 bits per heavy atom. The topological polar surface area (TPSA) is 98.0 Å². The highest BCUT2D eigenvalue weighted by Crippen LogP contribution is 2.31. The lowest BCUT2D eigenvalue weighted by molar-refractivity contribution is 0.601. The van der Waals surface area contributed by atoms with Gasteiger partial charge in [-0.2, -0.15) is 0 Å². The van der Waals surface area contributed by atoms with Crippen LogP contribution in [0.3, 0.4) is 0 Å². The number of nitrogens with one attached hydrogen (secondary N) is 1. The van der Waals surface area contributed by atoms with Crippen LogP contribution in [0.2, 0.25) is 15.3 Å². The summed E-state index contributed by atoms with van der Waals surface area (Å²) in [7, 11) is -4.02. The van der Waals surface area contributed by atoms with Gasteiger partial charge in [-0.15, -0.1) is 0 Å². The molecule has 0 aliphatic rings. The molecule has 0 bridgehead atoms. The molecule has 0 aliphatic heterocycles. The molecule has 20 heavy (non-hydrogen) atoms. The van der Waals surface area contributed by atoms with Gasteiger partial charge in [-0.05, 0) is 18.2 Å². The molecule has 0 saturated heterocycles. The van der Waals surface area contributed by atoms with E-state index >= 15 is 0 Å². The first kappa shape index (κ1) is 15.1. The summed E-state index contributed by atoms with van der Waals surface area (Å²) < 4.78 is 26.7. The molecular formula is C10H7Cl3N4O2S. The average molecular weight is 354 g/mol. The molecular weight excluding hydrogens is 347 g/mol. The average Bonchev–Trinajstić information content (AvgIpc) is 2.37. The molecule has 1 heterocycles. The zero-order chi connectivity index (χ0) is 14.9. The Bertz CT molecular complexity index is 747. The van der Waals surface area contributed by atoms with E-state index in [0.29, 0.717) is 0 Å². The van der Waals surface area contributed by atoms with Crippen molar-refractivity contribution < 1.29 is 8.42 Å². The van der Waals surface area contributed by atoms with Crippen molar-refractivity contribution in [2.24, 2.45) is 0 Å². The van der Waals surface area contributed by atoms with Gasteiger partial charge < -0.3 is 5.73 Å². The third kappa shape index (κ3) is 3.06. The number of nitrogens with zero attached hydrogens (tertiary/aromatic N) is 2. The summed E-state index contributed by atoms with van der Waals surface area (Å²) in [6, 6.07) is 4.07. The van der Waals surface area contributed by atoms with Gasteiger partial charge in [0, 0.05) is 5.69 Å². The molecule has 0 atom stereocenters. The van der Waals surface area contributed by atoms with Crippen LogP contribution in [-0.4, -0.2) is 18.4 Å². The van der Waals surface area contributed by atoms with Crippen molar-refractivity contribution in [3.63, 3.8) is 0 Å². The minimum absolute atomic E-state index is 0.00999. The molecule has 0 saturated carbocycles. The van der Waals surface area contributed by atoms with Crippen molar-refractivity contribution in [1.82, 2.24) is 9.97 Å². The maximum absolute atomic E-state index is 12.3. The molecule has 0 spiro atoms. The first-order valence-electron chi connectivity index (χ1n) is 5.05. The van der Waals surface area contributed by atoms with Crippen molar-refractivity contribution in [1.29, 1.82) is 0 Å². The van der Waals surface area contributed by atoms with Crippen molar-refractivity contribution >= 4 is 56.2 Å². The summed E-state index contributed by atoms with van der Waals surface area (Å²) in [5.74, 6) is 0. The van der Waals surface area contributed by atoms with Gasteiger partial charge >= 0.3 is 0 Å². The standard InChI is InChI=1S/C10H7Cl3N4O2S/c11-6-2-1-5(14)3-7(6)20(18,19)17-8-9(12)15-4-16-10(8)13/h1-4,17H,14H2. The summed E-state index contributed by atoms with van der Waals surface area (Å²) in [6.07, 6.45) is 1.11. The number of rotatable bonds is 3. The molecule has 106 valence electrons. The summed E-state index contributed by atoms with van der Waals surface area (Å²) in [5, 5.41) is -0.252. The van der Waals surface area contributed by atoms with Crippen molar-refractivity contribution in [2.45, 2.75) is 4.90 Å². The summed E-state index contributed by atoms with van der Waals surface area (Å²) in [4.78, 5) is 7.09. The van der Waals surface area contributed by atoms with E-state index in [1.54, 1.807) is 0 Å². The van der Waals surface area contributed by atoms with E-state index in [9.17, 15) is 8.42 Å². The highest BCUT2D eigenvalue weighted by atomic mass is 35.5. The molecule has 1 aromatic heterocycles. The smallest absolute Gasteiger partial charge is 0.263 e. The maximum atomic E-state index is 12.3. The van der Waals surface area contributed by atoms with Crippen LogP contribution in [0.25, 0.3) is 0 Å². The van der Waals surface area contributed by atoms with Gasteiger partial charge in [0.25, 0.3) is 10.0 Å². The van der Waals surface area contributed by atoms with Crippen LogP contribution in [0, 0.1) is 0 Å². The van der Waals surface area contributed by atoms with Crippen LogP contribution in [0.5, 0.6) is 0 Å². The number of nitrogens with two attached hydrogens (primary N) is 1. The summed E-state index contributed by atoms with van der Waals surface area (Å²) in [5.41, 5.74) is 5.67. The van der Waals surface area contributed by atoms with Crippen molar-refractivity contribution in [3.05, 3.63) is 39.9 Å². The molecule has 6 nitrogen and oxygen atoms in total. The van der Waals surface area contributed by atoms with Crippen molar-refractivity contribution in [2.75, 3.05) is 10.5 Å². The third-order valence-corrected chi connectivity index (χ3v) is 4.64. The molecule has 0 radical (unpaired) electrons. The third-order valence-electron chi connectivity index (χ3n) is 2.24. The molecule has 0 aliphatic carbocycles. The fourth-order valence-corrected chi connectivity index (χ4v) is 3.48. The van der Waals surface area contributed by atoms with E-state index in [1.807, 2.05) is 0 Å². The van der Waals surface area contributed by atoms with Gasteiger partial charge in [-0.3, -0.25) is 4.72 Å². The monoisotopic (exact) mass is 352 g/mol.